The highest BCUT2D eigenvalue weighted by Gasteiger charge is 2.35. The van der Waals surface area contributed by atoms with Crippen LogP contribution in [0.1, 0.15) is 44.6 Å². The van der Waals surface area contributed by atoms with Gasteiger partial charge in [-0.3, -0.25) is 9.69 Å². The van der Waals surface area contributed by atoms with Gasteiger partial charge in [-0.1, -0.05) is 37.1 Å². The molecule has 0 radical (unpaired) electrons. The average Bonchev–Trinajstić information content (AvgIpc) is 3.23. The van der Waals surface area contributed by atoms with E-state index in [-0.39, 0.29) is 24.8 Å². The van der Waals surface area contributed by atoms with Gasteiger partial charge in [0.15, 0.2) is 0 Å². The van der Waals surface area contributed by atoms with Crippen LogP contribution >= 0.6 is 0 Å². The van der Waals surface area contributed by atoms with E-state index in [1.54, 1.807) is 12.1 Å². The fourth-order valence-corrected chi connectivity index (χ4v) is 5.68. The van der Waals surface area contributed by atoms with Crippen LogP contribution in [0.2, 0.25) is 0 Å². The zero-order valence-electron chi connectivity index (χ0n) is 19.6. The number of carbonyl (C=O) groups excluding carboxylic acids is 2. The summed E-state index contributed by atoms with van der Waals surface area (Å²) in [5.74, 6) is 1.15. The number of nitrogens with one attached hydrogen (secondary N) is 2. The third-order valence-electron chi connectivity index (χ3n) is 7.60. The Labute approximate surface area is 199 Å². The van der Waals surface area contributed by atoms with Gasteiger partial charge in [0.2, 0.25) is 5.91 Å². The fraction of sp³-hybridized carbons (Fsp3) is 0.481. The van der Waals surface area contributed by atoms with E-state index in [1.165, 1.54) is 55.6 Å². The number of halogens is 1. The first-order chi connectivity index (χ1) is 16.5. The van der Waals surface area contributed by atoms with E-state index in [2.05, 4.69) is 22.8 Å². The van der Waals surface area contributed by atoms with Gasteiger partial charge in [0.1, 0.15) is 11.9 Å². The van der Waals surface area contributed by atoms with Crippen molar-refractivity contribution in [2.24, 2.45) is 11.8 Å². The highest BCUT2D eigenvalue weighted by atomic mass is 19.1. The predicted molar refractivity (Wildman–Crippen MR) is 129 cm³/mol. The first kappa shape index (κ1) is 22.8. The van der Waals surface area contributed by atoms with Crippen LogP contribution in [-0.2, 0) is 16.1 Å². The van der Waals surface area contributed by atoms with Gasteiger partial charge in [-0.2, -0.15) is 0 Å². The molecule has 4 aliphatic rings. The predicted octanol–water partition coefficient (Wildman–Crippen LogP) is 4.62. The summed E-state index contributed by atoms with van der Waals surface area (Å²) in [7, 11) is 0. The molecule has 0 spiro atoms. The van der Waals surface area contributed by atoms with Crippen LogP contribution < -0.4 is 15.5 Å². The van der Waals surface area contributed by atoms with Gasteiger partial charge in [-0.15, -0.1) is 0 Å². The summed E-state index contributed by atoms with van der Waals surface area (Å²) in [6.45, 7) is 2.75. The Kier molecular flexibility index (Phi) is 6.55. The van der Waals surface area contributed by atoms with Gasteiger partial charge in [-0.25, -0.2) is 9.18 Å². The van der Waals surface area contributed by atoms with Gasteiger partial charge in [0, 0.05) is 25.1 Å². The standard InChI is InChI=1S/C27H32FN3O3/c1-17(32)29-15-23-16-31(27(33)34-23)22-10-11-24(25(28)13-22)20-6-4-19(5-7-20)14-30-26-12-18-2-8-21(26)9-3-18/h4-7,10-11,13,18,21,23,26,30H,2-3,8-9,12,14-16H2,1H3,(H,29,32)/t18?,21?,23-,26?/m0/s1. The zero-order chi connectivity index (χ0) is 23.7. The van der Waals surface area contributed by atoms with Crippen LogP contribution in [0, 0.1) is 17.7 Å². The fourth-order valence-electron chi connectivity index (χ4n) is 5.68. The molecule has 6 rings (SSSR count). The highest BCUT2D eigenvalue weighted by Crippen LogP contribution is 2.41. The third-order valence-corrected chi connectivity index (χ3v) is 7.60. The van der Waals surface area contributed by atoms with E-state index in [1.807, 2.05) is 12.1 Å². The molecule has 2 atom stereocenters. The first-order valence-corrected chi connectivity index (χ1v) is 12.3. The lowest BCUT2D eigenvalue weighted by Gasteiger charge is -2.42. The summed E-state index contributed by atoms with van der Waals surface area (Å²) in [6.07, 6.45) is 5.84. The van der Waals surface area contributed by atoms with Crippen LogP contribution in [0.5, 0.6) is 0 Å². The molecule has 1 heterocycles. The van der Waals surface area contributed by atoms with E-state index >= 15 is 0 Å². The Morgan fingerprint density at radius 2 is 1.88 bits per heavy atom. The minimum atomic E-state index is -0.537. The molecule has 1 aliphatic heterocycles. The van der Waals surface area contributed by atoms with Gasteiger partial charge in [-0.05, 0) is 60.4 Å². The molecule has 1 unspecified atom stereocenters. The number of nitrogens with zero attached hydrogens (tertiary/aromatic N) is 1. The lowest BCUT2D eigenvalue weighted by atomic mass is 9.68. The Bertz CT molecular complexity index is 1050. The molecule has 2 amide bonds. The molecule has 2 aromatic rings. The quantitative estimate of drug-likeness (QED) is 0.626. The first-order valence-electron chi connectivity index (χ1n) is 12.3. The van der Waals surface area contributed by atoms with E-state index < -0.39 is 12.2 Å². The van der Waals surface area contributed by atoms with Crippen LogP contribution in [0.15, 0.2) is 42.5 Å². The normalized spacial score (nSPS) is 25.9. The van der Waals surface area contributed by atoms with Crippen molar-refractivity contribution in [3.63, 3.8) is 0 Å². The number of rotatable bonds is 7. The lowest BCUT2D eigenvalue weighted by molar-refractivity contribution is -0.119. The molecule has 7 heteroatoms. The lowest BCUT2D eigenvalue weighted by Crippen LogP contribution is -2.44. The minimum Gasteiger partial charge on any atom is -0.442 e. The molecule has 3 saturated carbocycles. The summed E-state index contributed by atoms with van der Waals surface area (Å²) in [5.41, 5.74) is 2.94. The molecule has 2 N–H and O–H groups in total. The second kappa shape index (κ2) is 9.74. The maximum absolute atomic E-state index is 15.0. The summed E-state index contributed by atoms with van der Waals surface area (Å²) in [5, 5.41) is 6.39. The van der Waals surface area contributed by atoms with E-state index in [9.17, 15) is 14.0 Å². The van der Waals surface area contributed by atoms with Gasteiger partial charge in [0.25, 0.3) is 0 Å². The largest absolute Gasteiger partial charge is 0.442 e. The average molecular weight is 466 g/mol. The number of ether oxygens (including phenoxy) is 1. The molecule has 2 bridgehead atoms. The summed E-state index contributed by atoms with van der Waals surface area (Å²) in [6, 6.07) is 13.4. The number of benzene rings is 2. The molecule has 3 aliphatic carbocycles. The monoisotopic (exact) mass is 465 g/mol. The Balaban J connectivity index is 1.20. The summed E-state index contributed by atoms with van der Waals surface area (Å²) in [4.78, 5) is 24.7. The number of anilines is 1. The Hall–Kier alpha value is -2.93. The van der Waals surface area contributed by atoms with E-state index in [0.717, 1.165) is 23.9 Å². The topological polar surface area (TPSA) is 70.7 Å². The van der Waals surface area contributed by atoms with Gasteiger partial charge >= 0.3 is 6.09 Å². The Morgan fingerprint density at radius 3 is 2.53 bits per heavy atom. The minimum absolute atomic E-state index is 0.187. The number of cyclic esters (lactones) is 1. The van der Waals surface area contributed by atoms with Crippen molar-refractivity contribution in [3.05, 3.63) is 53.8 Å². The summed E-state index contributed by atoms with van der Waals surface area (Å²) >= 11 is 0. The van der Waals surface area contributed by atoms with Gasteiger partial charge < -0.3 is 15.4 Å². The zero-order valence-corrected chi connectivity index (χ0v) is 19.6. The van der Waals surface area contributed by atoms with Crippen molar-refractivity contribution in [2.75, 3.05) is 18.0 Å². The van der Waals surface area contributed by atoms with E-state index in [0.29, 0.717) is 17.3 Å². The maximum Gasteiger partial charge on any atom is 0.414 e. The summed E-state index contributed by atoms with van der Waals surface area (Å²) < 4.78 is 20.3. The van der Waals surface area contributed by atoms with Crippen LogP contribution in [0.4, 0.5) is 14.9 Å². The van der Waals surface area contributed by atoms with E-state index in [4.69, 9.17) is 4.74 Å². The number of hydrogen-bond donors (Lipinski definition) is 2. The second-order valence-corrected chi connectivity index (χ2v) is 9.92. The van der Waals surface area contributed by atoms with Crippen LogP contribution in [0.25, 0.3) is 11.1 Å². The second-order valence-electron chi connectivity index (χ2n) is 9.92. The number of hydrogen-bond acceptors (Lipinski definition) is 4. The molecule has 0 aromatic heterocycles. The van der Waals surface area contributed by atoms with Crippen molar-refractivity contribution in [1.29, 1.82) is 0 Å². The number of amides is 2. The van der Waals surface area contributed by atoms with Crippen molar-refractivity contribution >= 4 is 17.7 Å². The van der Waals surface area contributed by atoms with Crippen molar-refractivity contribution in [2.45, 2.75) is 57.7 Å². The van der Waals surface area contributed by atoms with Gasteiger partial charge in [0.05, 0.1) is 18.8 Å². The molecular formula is C27H32FN3O3. The number of carbonyl (C=O) groups is 2. The van der Waals surface area contributed by atoms with Crippen molar-refractivity contribution < 1.29 is 18.7 Å². The van der Waals surface area contributed by atoms with Crippen LogP contribution in [-0.4, -0.2) is 37.2 Å². The van der Waals surface area contributed by atoms with Crippen molar-refractivity contribution in [3.8, 4) is 11.1 Å². The molecule has 180 valence electrons. The molecule has 2 aromatic carbocycles. The SMILES string of the molecule is CC(=O)NC[C@H]1CN(c2ccc(-c3ccc(CNC4CC5CCC4CC5)cc3)c(F)c2)C(=O)O1. The third kappa shape index (κ3) is 4.94. The maximum atomic E-state index is 15.0. The smallest absolute Gasteiger partial charge is 0.414 e. The molecular weight excluding hydrogens is 433 g/mol. The van der Waals surface area contributed by atoms with Crippen molar-refractivity contribution in [1.82, 2.24) is 10.6 Å². The molecule has 4 fully saturated rings. The molecule has 34 heavy (non-hydrogen) atoms. The van der Waals surface area contributed by atoms with Crippen LogP contribution in [0.3, 0.4) is 0 Å². The molecule has 1 saturated heterocycles. The highest BCUT2D eigenvalue weighted by molar-refractivity contribution is 5.90. The number of fused-ring (bicyclic) bond motifs is 3. The molecule has 6 nitrogen and oxygen atoms in total. The Morgan fingerprint density at radius 1 is 1.12 bits per heavy atom.